The standard InChI is InChI=1S/C17H26N4OS/c1-11(22)6-12-8-21(20-19-12)9-14-18-13-7-16(2,3)10-17(4,5)15(13)23-14/h8,11,22H,6-7,9-10H2,1-5H3. The third-order valence-electron chi connectivity index (χ3n) is 4.31. The Labute approximate surface area is 141 Å². The second-order valence-electron chi connectivity index (χ2n) is 8.25. The molecule has 0 radical (unpaired) electrons. The number of hydrogen-bond donors (Lipinski definition) is 1. The van der Waals surface area contributed by atoms with Crippen molar-refractivity contribution in [2.24, 2.45) is 5.41 Å². The maximum Gasteiger partial charge on any atom is 0.115 e. The van der Waals surface area contributed by atoms with Crippen LogP contribution in [0.1, 0.15) is 62.3 Å². The van der Waals surface area contributed by atoms with Crippen LogP contribution in [0.15, 0.2) is 6.20 Å². The fourth-order valence-electron chi connectivity index (χ4n) is 3.86. The molecule has 3 rings (SSSR count). The van der Waals surface area contributed by atoms with Crippen LogP contribution in [0, 0.1) is 5.41 Å². The first kappa shape index (κ1) is 16.6. The largest absolute Gasteiger partial charge is 0.393 e. The van der Waals surface area contributed by atoms with Crippen LogP contribution in [0.25, 0.3) is 0 Å². The number of nitrogens with zero attached hydrogens (tertiary/aromatic N) is 4. The molecule has 0 aromatic carbocycles. The fourth-order valence-corrected chi connectivity index (χ4v) is 5.03. The van der Waals surface area contributed by atoms with E-state index in [9.17, 15) is 5.11 Å². The smallest absolute Gasteiger partial charge is 0.115 e. The van der Waals surface area contributed by atoms with Crippen LogP contribution >= 0.6 is 11.3 Å². The van der Waals surface area contributed by atoms with Crippen LogP contribution in [-0.4, -0.2) is 31.2 Å². The van der Waals surface area contributed by atoms with Gasteiger partial charge < -0.3 is 5.11 Å². The van der Waals surface area contributed by atoms with Crippen LogP contribution in [-0.2, 0) is 24.8 Å². The number of aliphatic hydroxyl groups is 1. The van der Waals surface area contributed by atoms with Gasteiger partial charge in [-0.3, -0.25) is 0 Å². The summed E-state index contributed by atoms with van der Waals surface area (Å²) >= 11 is 1.81. The van der Waals surface area contributed by atoms with E-state index in [0.29, 0.717) is 18.4 Å². The average Bonchev–Trinajstić information content (AvgIpc) is 2.94. The van der Waals surface area contributed by atoms with E-state index in [4.69, 9.17) is 4.98 Å². The zero-order valence-corrected chi connectivity index (χ0v) is 15.4. The summed E-state index contributed by atoms with van der Waals surface area (Å²) < 4.78 is 1.82. The SMILES string of the molecule is CC(O)Cc1cn(Cc2nc3c(s2)C(C)(C)CC(C)(C)C3)nn1. The molecule has 0 fully saturated rings. The maximum atomic E-state index is 9.43. The van der Waals surface area contributed by atoms with Crippen molar-refractivity contribution >= 4 is 11.3 Å². The molecule has 1 atom stereocenters. The van der Waals surface area contributed by atoms with Gasteiger partial charge in [0.15, 0.2) is 0 Å². The van der Waals surface area contributed by atoms with E-state index in [2.05, 4.69) is 38.0 Å². The summed E-state index contributed by atoms with van der Waals surface area (Å²) in [6.07, 6.45) is 4.29. The van der Waals surface area contributed by atoms with Gasteiger partial charge in [0, 0.05) is 22.9 Å². The van der Waals surface area contributed by atoms with Gasteiger partial charge in [-0.15, -0.1) is 16.4 Å². The second kappa shape index (κ2) is 5.67. The summed E-state index contributed by atoms with van der Waals surface area (Å²) in [5.74, 6) is 0. The molecule has 1 aliphatic carbocycles. The van der Waals surface area contributed by atoms with Gasteiger partial charge in [0.25, 0.3) is 0 Å². The summed E-state index contributed by atoms with van der Waals surface area (Å²) in [5.41, 5.74) is 2.57. The summed E-state index contributed by atoms with van der Waals surface area (Å²) in [6.45, 7) is 11.7. The van der Waals surface area contributed by atoms with Crippen LogP contribution < -0.4 is 0 Å². The van der Waals surface area contributed by atoms with Crippen molar-refractivity contribution in [1.29, 1.82) is 0 Å². The second-order valence-corrected chi connectivity index (χ2v) is 9.33. The van der Waals surface area contributed by atoms with Crippen molar-refractivity contribution in [3.63, 3.8) is 0 Å². The van der Waals surface area contributed by atoms with Gasteiger partial charge in [-0.05, 0) is 25.2 Å². The lowest BCUT2D eigenvalue weighted by Gasteiger charge is -2.39. The highest BCUT2D eigenvalue weighted by Gasteiger charge is 2.39. The molecule has 0 aliphatic heterocycles. The molecule has 0 saturated heterocycles. The summed E-state index contributed by atoms with van der Waals surface area (Å²) in [6, 6.07) is 0. The molecule has 1 aliphatic rings. The van der Waals surface area contributed by atoms with Crippen molar-refractivity contribution in [2.45, 2.75) is 71.9 Å². The Morgan fingerprint density at radius 3 is 2.78 bits per heavy atom. The van der Waals surface area contributed by atoms with E-state index in [1.807, 2.05) is 22.2 Å². The summed E-state index contributed by atoms with van der Waals surface area (Å²) in [4.78, 5) is 6.32. The first-order valence-electron chi connectivity index (χ1n) is 8.21. The molecule has 2 heterocycles. The van der Waals surface area contributed by atoms with Crippen LogP contribution in [0.2, 0.25) is 0 Å². The van der Waals surface area contributed by atoms with Crippen molar-refractivity contribution < 1.29 is 5.11 Å². The zero-order chi connectivity index (χ0) is 16.8. The van der Waals surface area contributed by atoms with Gasteiger partial charge in [-0.2, -0.15) is 0 Å². The topological polar surface area (TPSA) is 63.8 Å². The number of rotatable bonds is 4. The minimum absolute atomic E-state index is 0.187. The molecule has 0 bridgehead atoms. The Balaban J connectivity index is 1.81. The van der Waals surface area contributed by atoms with Crippen molar-refractivity contribution in [1.82, 2.24) is 20.0 Å². The minimum atomic E-state index is -0.393. The van der Waals surface area contributed by atoms with Gasteiger partial charge in [0.2, 0.25) is 0 Å². The van der Waals surface area contributed by atoms with E-state index in [0.717, 1.165) is 17.1 Å². The molecule has 2 aromatic heterocycles. The predicted octanol–water partition coefficient (Wildman–Crippen LogP) is 2.96. The lowest BCUT2D eigenvalue weighted by molar-refractivity contribution is 0.194. The molecule has 2 aromatic rings. The summed E-state index contributed by atoms with van der Waals surface area (Å²) in [7, 11) is 0. The molecule has 1 N–H and O–H groups in total. The Bertz CT molecular complexity index is 699. The average molecular weight is 334 g/mol. The highest BCUT2D eigenvalue weighted by atomic mass is 32.1. The molecule has 0 spiro atoms. The highest BCUT2D eigenvalue weighted by Crippen LogP contribution is 2.47. The Morgan fingerprint density at radius 1 is 1.35 bits per heavy atom. The third-order valence-corrected chi connectivity index (χ3v) is 5.76. The van der Waals surface area contributed by atoms with E-state index >= 15 is 0 Å². The van der Waals surface area contributed by atoms with Gasteiger partial charge in [0.05, 0.1) is 24.0 Å². The maximum absolute atomic E-state index is 9.43. The molecule has 5 nitrogen and oxygen atoms in total. The van der Waals surface area contributed by atoms with E-state index in [-0.39, 0.29) is 5.41 Å². The highest BCUT2D eigenvalue weighted by molar-refractivity contribution is 7.11. The zero-order valence-electron chi connectivity index (χ0n) is 14.6. The Hall–Kier alpha value is -1.27. The molecular weight excluding hydrogens is 308 g/mol. The van der Waals surface area contributed by atoms with Crippen LogP contribution in [0.4, 0.5) is 0 Å². The number of thiazole rings is 1. The Morgan fingerprint density at radius 2 is 2.09 bits per heavy atom. The quantitative estimate of drug-likeness (QED) is 0.934. The molecule has 0 saturated carbocycles. The van der Waals surface area contributed by atoms with Crippen molar-refractivity contribution in [3.8, 4) is 0 Å². The number of aliphatic hydroxyl groups excluding tert-OH is 1. The first-order valence-corrected chi connectivity index (χ1v) is 9.02. The van der Waals surface area contributed by atoms with Gasteiger partial charge in [0.1, 0.15) is 5.01 Å². The van der Waals surface area contributed by atoms with E-state index in [1.165, 1.54) is 17.0 Å². The van der Waals surface area contributed by atoms with Crippen molar-refractivity contribution in [2.75, 3.05) is 0 Å². The van der Waals surface area contributed by atoms with Gasteiger partial charge in [-0.1, -0.05) is 32.9 Å². The minimum Gasteiger partial charge on any atom is -0.393 e. The fraction of sp³-hybridized carbons (Fsp3) is 0.706. The number of fused-ring (bicyclic) bond motifs is 1. The summed E-state index contributed by atoms with van der Waals surface area (Å²) in [5, 5.41) is 18.8. The predicted molar refractivity (Wildman–Crippen MR) is 91.8 cm³/mol. The molecule has 0 amide bonds. The molecular formula is C17H26N4OS. The Kier molecular flexibility index (Phi) is 4.09. The molecule has 23 heavy (non-hydrogen) atoms. The van der Waals surface area contributed by atoms with Gasteiger partial charge >= 0.3 is 0 Å². The molecule has 126 valence electrons. The normalized spacial score (nSPS) is 20.3. The lowest BCUT2D eigenvalue weighted by Crippen LogP contribution is -2.33. The van der Waals surface area contributed by atoms with E-state index in [1.54, 1.807) is 6.92 Å². The van der Waals surface area contributed by atoms with Crippen LogP contribution in [0.5, 0.6) is 0 Å². The number of hydrogen-bond acceptors (Lipinski definition) is 5. The first-order chi connectivity index (χ1) is 10.6. The molecule has 6 heteroatoms. The number of aromatic nitrogens is 4. The third kappa shape index (κ3) is 3.63. The lowest BCUT2D eigenvalue weighted by atomic mass is 9.67. The monoisotopic (exact) mass is 334 g/mol. The van der Waals surface area contributed by atoms with E-state index < -0.39 is 6.10 Å². The van der Waals surface area contributed by atoms with Crippen LogP contribution in [0.3, 0.4) is 0 Å². The van der Waals surface area contributed by atoms with Gasteiger partial charge in [-0.25, -0.2) is 9.67 Å². The van der Waals surface area contributed by atoms with Crippen molar-refractivity contribution in [3.05, 3.63) is 27.5 Å². The molecule has 1 unspecified atom stereocenters.